The molecule has 12 nitrogen and oxygen atoms in total. The van der Waals surface area contributed by atoms with Gasteiger partial charge in [0.25, 0.3) is 5.56 Å². The quantitative estimate of drug-likeness (QED) is 0.324. The average molecular weight is 505 g/mol. The van der Waals surface area contributed by atoms with Crippen LogP contribution in [0.5, 0.6) is 0 Å². The topological polar surface area (TPSA) is 173 Å². The molecule has 35 heavy (non-hydrogen) atoms. The van der Waals surface area contributed by atoms with E-state index in [0.29, 0.717) is 5.69 Å². The molecule has 4 rings (SSSR count). The summed E-state index contributed by atoms with van der Waals surface area (Å²) < 4.78 is 22.6. The molecule has 2 unspecified atom stereocenters. The molecule has 2 aromatic heterocycles. The first-order chi connectivity index (χ1) is 16.5. The van der Waals surface area contributed by atoms with Gasteiger partial charge in [-0.1, -0.05) is 30.3 Å². The smallest absolute Gasteiger partial charge is 0.387 e. The molecular formula is C22H24N3O9P. The van der Waals surface area contributed by atoms with Crippen LogP contribution in [0.15, 0.2) is 64.4 Å². The summed E-state index contributed by atoms with van der Waals surface area (Å²) in [6.45, 7) is 1.02. The van der Waals surface area contributed by atoms with Crippen LogP contribution in [0, 0.1) is 6.92 Å². The van der Waals surface area contributed by atoms with E-state index in [4.69, 9.17) is 14.5 Å². The standard InChI is InChI=1S/C22H24N3O9P/c1-13-10-23-15(9-16(13)14-5-3-2-4-6-14)11-25-18(26)7-8-24(22(25)29)21-20(28)19(27)17(34-21)12-33-35(30,31)32/h2-10,17,19-21,27-28H,11-12H2,1H3,(H2,30,31,32)/t17-,19?,20?,21-/m1/s1. The number of hydrogen-bond acceptors (Lipinski definition) is 8. The second-order valence-electron chi connectivity index (χ2n) is 8.12. The lowest BCUT2D eigenvalue weighted by molar-refractivity contribution is -0.0548. The maximum atomic E-state index is 13.1. The van der Waals surface area contributed by atoms with Gasteiger partial charge in [-0.2, -0.15) is 0 Å². The fourth-order valence-electron chi connectivity index (χ4n) is 3.88. The third-order valence-corrected chi connectivity index (χ3v) is 6.16. The lowest BCUT2D eigenvalue weighted by Crippen LogP contribution is -2.43. The Bertz CT molecular complexity index is 1370. The first-order valence-electron chi connectivity index (χ1n) is 10.6. The maximum absolute atomic E-state index is 13.1. The van der Waals surface area contributed by atoms with Crippen molar-refractivity contribution in [3.63, 3.8) is 0 Å². The highest BCUT2D eigenvalue weighted by Crippen LogP contribution is 2.38. The number of ether oxygens (including phenoxy) is 1. The zero-order valence-corrected chi connectivity index (χ0v) is 19.4. The summed E-state index contributed by atoms with van der Waals surface area (Å²) in [7, 11) is -4.84. The Hall–Kier alpha value is -2.96. The number of pyridine rings is 1. The number of aliphatic hydroxyl groups excluding tert-OH is 2. The van der Waals surface area contributed by atoms with Gasteiger partial charge in [-0.3, -0.25) is 23.4 Å². The van der Waals surface area contributed by atoms with Gasteiger partial charge in [-0.25, -0.2) is 9.36 Å². The van der Waals surface area contributed by atoms with E-state index in [2.05, 4.69) is 9.51 Å². The van der Waals surface area contributed by atoms with Crippen LogP contribution >= 0.6 is 7.82 Å². The van der Waals surface area contributed by atoms with Gasteiger partial charge < -0.3 is 24.7 Å². The molecule has 3 aromatic rings. The maximum Gasteiger partial charge on any atom is 0.469 e. The van der Waals surface area contributed by atoms with Crippen molar-refractivity contribution in [2.45, 2.75) is 38.0 Å². The SMILES string of the molecule is Cc1cnc(Cn2c(=O)ccn([C@@H]3O[C@H](COP(=O)(O)O)C(O)C3O)c2=O)cc1-c1ccccc1. The minimum atomic E-state index is -4.84. The van der Waals surface area contributed by atoms with E-state index in [-0.39, 0.29) is 6.54 Å². The molecule has 13 heteroatoms. The van der Waals surface area contributed by atoms with Gasteiger partial charge in [-0.15, -0.1) is 0 Å². The first kappa shape index (κ1) is 25.1. The van der Waals surface area contributed by atoms with Crippen LogP contribution < -0.4 is 11.2 Å². The van der Waals surface area contributed by atoms with Crippen LogP contribution in [-0.2, 0) is 20.4 Å². The van der Waals surface area contributed by atoms with Crippen molar-refractivity contribution in [2.24, 2.45) is 0 Å². The molecule has 0 bridgehead atoms. The minimum Gasteiger partial charge on any atom is -0.387 e. The highest BCUT2D eigenvalue weighted by molar-refractivity contribution is 7.46. The highest BCUT2D eigenvalue weighted by atomic mass is 31.2. The third kappa shape index (κ3) is 5.49. The summed E-state index contributed by atoms with van der Waals surface area (Å²) in [4.78, 5) is 47.7. The van der Waals surface area contributed by atoms with Crippen molar-refractivity contribution < 1.29 is 33.8 Å². The van der Waals surface area contributed by atoms with Crippen LogP contribution in [0.25, 0.3) is 11.1 Å². The Morgan fingerprint density at radius 3 is 2.51 bits per heavy atom. The van der Waals surface area contributed by atoms with Crippen molar-refractivity contribution in [2.75, 3.05) is 6.61 Å². The Morgan fingerprint density at radius 1 is 1.11 bits per heavy atom. The molecule has 1 aromatic carbocycles. The normalized spacial score (nSPS) is 22.4. The molecule has 1 fully saturated rings. The first-order valence-corrected chi connectivity index (χ1v) is 12.1. The van der Waals surface area contributed by atoms with Crippen molar-refractivity contribution in [3.8, 4) is 11.1 Å². The predicted molar refractivity (Wildman–Crippen MR) is 122 cm³/mol. The Labute approximate surface area is 198 Å². The molecule has 0 radical (unpaired) electrons. The molecule has 0 saturated carbocycles. The van der Waals surface area contributed by atoms with E-state index in [0.717, 1.165) is 38.1 Å². The molecule has 3 heterocycles. The minimum absolute atomic E-state index is 0.158. The lowest BCUT2D eigenvalue weighted by atomic mass is 10.0. The van der Waals surface area contributed by atoms with Crippen molar-refractivity contribution in [1.29, 1.82) is 0 Å². The van der Waals surface area contributed by atoms with Crippen molar-refractivity contribution in [1.82, 2.24) is 14.1 Å². The molecule has 0 spiro atoms. The molecule has 4 atom stereocenters. The molecule has 0 aliphatic carbocycles. The number of phosphoric ester groups is 1. The molecular weight excluding hydrogens is 481 g/mol. The second-order valence-corrected chi connectivity index (χ2v) is 9.36. The van der Waals surface area contributed by atoms with E-state index < -0.39 is 50.2 Å². The Morgan fingerprint density at radius 2 is 1.83 bits per heavy atom. The fraction of sp³-hybridized carbons (Fsp3) is 0.318. The summed E-state index contributed by atoms with van der Waals surface area (Å²) in [5.41, 5.74) is 1.78. The zero-order valence-electron chi connectivity index (χ0n) is 18.5. The van der Waals surface area contributed by atoms with Gasteiger partial charge in [0.05, 0.1) is 18.8 Å². The summed E-state index contributed by atoms with van der Waals surface area (Å²) >= 11 is 0. The van der Waals surface area contributed by atoms with Gasteiger partial charge in [0.15, 0.2) is 6.23 Å². The van der Waals surface area contributed by atoms with Crippen LogP contribution in [0.3, 0.4) is 0 Å². The number of benzene rings is 1. The number of phosphoric acid groups is 1. The van der Waals surface area contributed by atoms with Gasteiger partial charge in [0, 0.05) is 18.5 Å². The van der Waals surface area contributed by atoms with Crippen molar-refractivity contribution in [3.05, 3.63) is 87.0 Å². The molecule has 4 N–H and O–H groups in total. The summed E-state index contributed by atoms with van der Waals surface area (Å²) in [6, 6.07) is 12.5. The average Bonchev–Trinajstić information content (AvgIpc) is 3.10. The monoisotopic (exact) mass is 505 g/mol. The van der Waals surface area contributed by atoms with Crippen LogP contribution in [0.2, 0.25) is 0 Å². The molecule has 1 saturated heterocycles. The van der Waals surface area contributed by atoms with Gasteiger partial charge in [0.2, 0.25) is 0 Å². The Kier molecular flexibility index (Phi) is 7.15. The molecule has 1 aliphatic heterocycles. The van der Waals surface area contributed by atoms with E-state index in [1.165, 1.54) is 0 Å². The lowest BCUT2D eigenvalue weighted by Gasteiger charge is -2.19. The van der Waals surface area contributed by atoms with Crippen molar-refractivity contribution >= 4 is 7.82 Å². The van der Waals surface area contributed by atoms with Gasteiger partial charge >= 0.3 is 13.5 Å². The number of aliphatic hydroxyl groups is 2. The number of nitrogens with zero attached hydrogens (tertiary/aromatic N) is 3. The largest absolute Gasteiger partial charge is 0.469 e. The zero-order chi connectivity index (χ0) is 25.3. The van der Waals surface area contributed by atoms with E-state index >= 15 is 0 Å². The van der Waals surface area contributed by atoms with E-state index in [9.17, 15) is 24.4 Å². The molecule has 0 amide bonds. The van der Waals surface area contributed by atoms with Gasteiger partial charge in [-0.05, 0) is 29.7 Å². The highest BCUT2D eigenvalue weighted by Gasteiger charge is 2.45. The van der Waals surface area contributed by atoms with Gasteiger partial charge in [0.1, 0.15) is 18.3 Å². The molecule has 1 aliphatic rings. The number of aryl methyl sites for hydroxylation is 1. The third-order valence-electron chi connectivity index (χ3n) is 5.68. The van der Waals surface area contributed by atoms with E-state index in [1.54, 1.807) is 12.3 Å². The van der Waals surface area contributed by atoms with Crippen LogP contribution in [-0.4, -0.2) is 59.0 Å². The molecule has 186 valence electrons. The second kappa shape index (κ2) is 9.96. The number of hydrogen-bond donors (Lipinski definition) is 4. The van der Waals surface area contributed by atoms with E-state index in [1.807, 2.05) is 37.3 Å². The number of rotatable bonds is 7. The number of aromatic nitrogens is 3. The fourth-order valence-corrected chi connectivity index (χ4v) is 4.22. The summed E-state index contributed by atoms with van der Waals surface area (Å²) in [5.74, 6) is 0. The van der Waals surface area contributed by atoms with Crippen LogP contribution in [0.1, 0.15) is 17.5 Å². The predicted octanol–water partition coefficient (Wildman–Crippen LogP) is 0.157. The van der Waals surface area contributed by atoms with Crippen LogP contribution in [0.4, 0.5) is 0 Å². The Balaban J connectivity index is 1.63. The summed E-state index contributed by atoms with van der Waals surface area (Å²) in [6.07, 6.45) is -3.18. The summed E-state index contributed by atoms with van der Waals surface area (Å²) in [5, 5.41) is 20.6.